The smallest absolute Gasteiger partial charge is 0.320 e. The van der Waals surface area contributed by atoms with Gasteiger partial charge in [0.15, 0.2) is 0 Å². The second-order valence-electron chi connectivity index (χ2n) is 2.92. The lowest BCUT2D eigenvalue weighted by Crippen LogP contribution is -2.32. The normalized spacial score (nSPS) is 11.6. The van der Waals surface area contributed by atoms with E-state index < -0.39 is 17.8 Å². The van der Waals surface area contributed by atoms with Gasteiger partial charge in [-0.3, -0.25) is 4.79 Å². The molecule has 1 rings (SSSR count). The second-order valence-corrected chi connectivity index (χ2v) is 2.92. The number of hydrogen-bond acceptors (Lipinski definition) is 3. The zero-order chi connectivity index (χ0) is 10.7. The number of carbonyl (C=O) groups is 1. The van der Waals surface area contributed by atoms with Crippen LogP contribution in [0, 0.1) is 5.82 Å². The molecule has 0 saturated carbocycles. The summed E-state index contributed by atoms with van der Waals surface area (Å²) in [7, 11) is 0. The Morgan fingerprint density at radius 3 is 2.67 bits per heavy atom. The summed E-state index contributed by atoms with van der Waals surface area (Å²) in [5.74, 6) is -1.87. The Labute approximate surface area is 91.9 Å². The summed E-state index contributed by atoms with van der Waals surface area (Å²) < 4.78 is 12.7. The molecule has 1 unspecified atom stereocenters. The van der Waals surface area contributed by atoms with Crippen molar-refractivity contribution in [3.63, 3.8) is 0 Å². The lowest BCUT2D eigenvalue weighted by atomic mass is 10.1. The molecule has 0 fully saturated rings. The van der Waals surface area contributed by atoms with Gasteiger partial charge < -0.3 is 15.9 Å². The quantitative estimate of drug-likeness (QED) is 0.727. The first-order valence-electron chi connectivity index (χ1n) is 3.96. The first-order valence-corrected chi connectivity index (χ1v) is 3.96. The third kappa shape index (κ3) is 3.73. The molecule has 1 aromatic rings. The number of carboxylic acid groups (broad SMARTS) is 1. The van der Waals surface area contributed by atoms with Gasteiger partial charge in [-0.15, -0.1) is 12.4 Å². The maximum absolute atomic E-state index is 12.7. The topological polar surface area (TPSA) is 83.5 Å². The minimum absolute atomic E-state index is 0. The van der Waals surface area contributed by atoms with Crippen molar-refractivity contribution in [2.24, 2.45) is 5.73 Å². The summed E-state index contributed by atoms with van der Waals surface area (Å²) in [5.41, 5.74) is 5.43. The number of aliphatic carboxylic acids is 1. The predicted molar refractivity (Wildman–Crippen MR) is 54.6 cm³/mol. The van der Waals surface area contributed by atoms with E-state index in [0.29, 0.717) is 0 Å². The van der Waals surface area contributed by atoms with Crippen LogP contribution in [0.25, 0.3) is 0 Å². The molecule has 0 radical (unpaired) electrons. The number of phenolic OH excluding ortho intramolecular Hbond substituents is 1. The predicted octanol–water partition coefficient (Wildman–Crippen LogP) is 0.908. The molecular formula is C9H11ClFNO3. The molecule has 0 spiro atoms. The number of rotatable bonds is 3. The Hall–Kier alpha value is -1.33. The molecule has 0 amide bonds. The van der Waals surface area contributed by atoms with Gasteiger partial charge in [0, 0.05) is 6.42 Å². The first-order chi connectivity index (χ1) is 6.50. The zero-order valence-electron chi connectivity index (χ0n) is 7.68. The number of phenols is 1. The number of nitrogens with two attached hydrogens (primary N) is 1. The van der Waals surface area contributed by atoms with E-state index in [1.165, 1.54) is 6.07 Å². The standard InChI is InChI=1S/C9H10FNO3.ClH/c10-6-1-2-8(12)5(3-6)4-7(11)9(13)14;/h1-3,7,12H,4,11H2,(H,13,14);1H. The summed E-state index contributed by atoms with van der Waals surface area (Å²) >= 11 is 0. The molecular weight excluding hydrogens is 225 g/mol. The van der Waals surface area contributed by atoms with Crippen molar-refractivity contribution >= 4 is 18.4 Å². The third-order valence-electron chi connectivity index (χ3n) is 1.80. The van der Waals surface area contributed by atoms with E-state index >= 15 is 0 Å². The number of halogens is 2. The van der Waals surface area contributed by atoms with Crippen LogP contribution in [-0.4, -0.2) is 22.2 Å². The molecule has 84 valence electrons. The molecule has 4 N–H and O–H groups in total. The van der Waals surface area contributed by atoms with E-state index in [1.807, 2.05) is 0 Å². The number of carboxylic acids is 1. The van der Waals surface area contributed by atoms with Crippen LogP contribution >= 0.6 is 12.4 Å². The van der Waals surface area contributed by atoms with Crippen molar-refractivity contribution in [1.29, 1.82) is 0 Å². The lowest BCUT2D eigenvalue weighted by Gasteiger charge is -2.07. The second kappa shape index (κ2) is 5.53. The van der Waals surface area contributed by atoms with Gasteiger partial charge in [-0.1, -0.05) is 0 Å². The van der Waals surface area contributed by atoms with Gasteiger partial charge in [0.2, 0.25) is 0 Å². The molecule has 0 aliphatic rings. The Morgan fingerprint density at radius 2 is 2.13 bits per heavy atom. The SMILES string of the molecule is Cl.NC(Cc1cc(F)ccc1O)C(=O)O. The third-order valence-corrected chi connectivity index (χ3v) is 1.80. The molecule has 6 heteroatoms. The lowest BCUT2D eigenvalue weighted by molar-refractivity contribution is -0.138. The summed E-state index contributed by atoms with van der Waals surface area (Å²) in [6.45, 7) is 0. The Bertz CT molecular complexity index is 359. The molecule has 4 nitrogen and oxygen atoms in total. The summed E-state index contributed by atoms with van der Waals surface area (Å²) in [5, 5.41) is 17.8. The van der Waals surface area contributed by atoms with Gasteiger partial charge in [0.25, 0.3) is 0 Å². The van der Waals surface area contributed by atoms with Gasteiger partial charge in [0.05, 0.1) is 0 Å². The summed E-state index contributed by atoms with van der Waals surface area (Å²) in [6.07, 6.45) is -0.0983. The van der Waals surface area contributed by atoms with Gasteiger partial charge in [-0.05, 0) is 23.8 Å². The van der Waals surface area contributed by atoms with Crippen molar-refractivity contribution in [3.8, 4) is 5.75 Å². The van der Waals surface area contributed by atoms with Crippen molar-refractivity contribution in [2.45, 2.75) is 12.5 Å². The van der Waals surface area contributed by atoms with Gasteiger partial charge >= 0.3 is 5.97 Å². The van der Waals surface area contributed by atoms with Crippen molar-refractivity contribution in [3.05, 3.63) is 29.6 Å². The number of benzene rings is 1. The Kier molecular flexibility index (Phi) is 5.04. The van der Waals surface area contributed by atoms with E-state index in [9.17, 15) is 14.3 Å². The molecule has 15 heavy (non-hydrogen) atoms. The zero-order valence-corrected chi connectivity index (χ0v) is 8.50. The summed E-state index contributed by atoms with van der Waals surface area (Å²) in [4.78, 5) is 10.4. The fraction of sp³-hybridized carbons (Fsp3) is 0.222. The van der Waals surface area contributed by atoms with Crippen LogP contribution in [0.4, 0.5) is 4.39 Å². The van der Waals surface area contributed by atoms with Crippen LogP contribution in [0.2, 0.25) is 0 Å². The highest BCUT2D eigenvalue weighted by atomic mass is 35.5. The van der Waals surface area contributed by atoms with Crippen molar-refractivity contribution in [1.82, 2.24) is 0 Å². The number of hydrogen-bond donors (Lipinski definition) is 3. The van der Waals surface area contributed by atoms with E-state index in [4.69, 9.17) is 10.8 Å². The minimum atomic E-state index is -1.19. The van der Waals surface area contributed by atoms with E-state index in [2.05, 4.69) is 0 Å². The Morgan fingerprint density at radius 1 is 1.53 bits per heavy atom. The molecule has 0 bridgehead atoms. The van der Waals surface area contributed by atoms with Crippen LogP contribution in [0.5, 0.6) is 5.75 Å². The maximum Gasteiger partial charge on any atom is 0.320 e. The van der Waals surface area contributed by atoms with Crippen LogP contribution < -0.4 is 5.73 Å². The molecule has 0 heterocycles. The Balaban J connectivity index is 0.00000196. The highest BCUT2D eigenvalue weighted by Gasteiger charge is 2.14. The molecule has 0 aliphatic carbocycles. The minimum Gasteiger partial charge on any atom is -0.508 e. The van der Waals surface area contributed by atoms with Crippen molar-refractivity contribution in [2.75, 3.05) is 0 Å². The largest absolute Gasteiger partial charge is 0.508 e. The maximum atomic E-state index is 12.7. The summed E-state index contributed by atoms with van der Waals surface area (Å²) in [6, 6.07) is 2.19. The van der Waals surface area contributed by atoms with Crippen LogP contribution in [-0.2, 0) is 11.2 Å². The molecule has 0 aromatic heterocycles. The van der Waals surface area contributed by atoms with Crippen molar-refractivity contribution < 1.29 is 19.4 Å². The van der Waals surface area contributed by atoms with E-state index in [1.54, 1.807) is 0 Å². The molecule has 0 aliphatic heterocycles. The monoisotopic (exact) mass is 235 g/mol. The average molecular weight is 236 g/mol. The number of aromatic hydroxyl groups is 1. The van der Waals surface area contributed by atoms with Crippen LogP contribution in [0.1, 0.15) is 5.56 Å². The van der Waals surface area contributed by atoms with Crippen LogP contribution in [0.3, 0.4) is 0 Å². The fourth-order valence-electron chi connectivity index (χ4n) is 1.04. The molecule has 0 saturated heterocycles. The van der Waals surface area contributed by atoms with Gasteiger partial charge in [0.1, 0.15) is 17.6 Å². The van der Waals surface area contributed by atoms with E-state index in [0.717, 1.165) is 12.1 Å². The fourth-order valence-corrected chi connectivity index (χ4v) is 1.04. The highest BCUT2D eigenvalue weighted by molar-refractivity contribution is 5.85. The van der Waals surface area contributed by atoms with E-state index in [-0.39, 0.29) is 30.1 Å². The highest BCUT2D eigenvalue weighted by Crippen LogP contribution is 2.18. The average Bonchev–Trinajstić information content (AvgIpc) is 2.11. The van der Waals surface area contributed by atoms with Crippen LogP contribution in [0.15, 0.2) is 18.2 Å². The van der Waals surface area contributed by atoms with Gasteiger partial charge in [-0.2, -0.15) is 0 Å². The van der Waals surface area contributed by atoms with Gasteiger partial charge in [-0.25, -0.2) is 4.39 Å². The molecule has 1 atom stereocenters. The first kappa shape index (κ1) is 13.7. The molecule has 1 aromatic carbocycles.